The second-order valence-electron chi connectivity index (χ2n) is 5.77. The molecule has 2 saturated carbocycles. The van der Waals surface area contributed by atoms with Crippen molar-refractivity contribution in [2.24, 2.45) is 0 Å². The number of carbonyl (C=O) groups is 1. The SMILES string of the molecule is CCC1(n2cc(C(C)=O)cc(C3CC3)c2=O)CC1. The number of nitrogens with zero attached hydrogens (tertiary/aromatic N) is 1. The first-order valence-corrected chi connectivity index (χ1v) is 6.85. The van der Waals surface area contributed by atoms with Crippen molar-refractivity contribution in [2.45, 2.75) is 57.4 Å². The van der Waals surface area contributed by atoms with Crippen LogP contribution in [0, 0.1) is 0 Å². The number of rotatable bonds is 4. The Bertz CT molecular complexity index is 562. The van der Waals surface area contributed by atoms with Gasteiger partial charge in [0.1, 0.15) is 0 Å². The Morgan fingerprint density at radius 2 is 2.11 bits per heavy atom. The fourth-order valence-corrected chi connectivity index (χ4v) is 2.74. The molecule has 0 aliphatic heterocycles. The first kappa shape index (κ1) is 11.7. The van der Waals surface area contributed by atoms with Crippen LogP contribution in [0.4, 0.5) is 0 Å². The maximum atomic E-state index is 12.5. The summed E-state index contributed by atoms with van der Waals surface area (Å²) in [6.45, 7) is 3.70. The van der Waals surface area contributed by atoms with Crippen molar-refractivity contribution in [1.29, 1.82) is 0 Å². The quantitative estimate of drug-likeness (QED) is 0.765. The molecular weight excluding hydrogens is 226 g/mol. The molecule has 1 aromatic rings. The van der Waals surface area contributed by atoms with Gasteiger partial charge in [0.2, 0.25) is 0 Å². The molecule has 96 valence electrons. The third-order valence-corrected chi connectivity index (χ3v) is 4.46. The molecule has 1 aromatic heterocycles. The second kappa shape index (κ2) is 3.81. The maximum absolute atomic E-state index is 12.5. The van der Waals surface area contributed by atoms with E-state index in [1.54, 1.807) is 13.1 Å². The Morgan fingerprint density at radius 1 is 1.44 bits per heavy atom. The summed E-state index contributed by atoms with van der Waals surface area (Å²) in [5.74, 6) is 0.452. The molecule has 0 N–H and O–H groups in total. The van der Waals surface area contributed by atoms with Gasteiger partial charge in [-0.1, -0.05) is 6.92 Å². The number of ketones is 1. The fraction of sp³-hybridized carbons (Fsp3) is 0.600. The highest BCUT2D eigenvalue weighted by molar-refractivity contribution is 5.93. The Labute approximate surface area is 107 Å². The van der Waals surface area contributed by atoms with Gasteiger partial charge in [-0.2, -0.15) is 0 Å². The standard InChI is InChI=1S/C15H19NO2/c1-3-15(6-7-15)16-9-12(10(2)17)8-13(14(16)18)11-4-5-11/h8-9,11H,3-7H2,1-2H3. The summed E-state index contributed by atoms with van der Waals surface area (Å²) in [6.07, 6.45) is 7.07. The molecule has 3 heteroatoms. The van der Waals surface area contributed by atoms with E-state index >= 15 is 0 Å². The minimum atomic E-state index is 0.00613. The van der Waals surface area contributed by atoms with Crippen molar-refractivity contribution in [1.82, 2.24) is 4.57 Å². The third kappa shape index (κ3) is 1.73. The highest BCUT2D eigenvalue weighted by atomic mass is 16.1. The predicted octanol–water partition coefficient (Wildman–Crippen LogP) is 2.83. The van der Waals surface area contributed by atoms with Crippen molar-refractivity contribution in [3.05, 3.63) is 33.7 Å². The van der Waals surface area contributed by atoms with Crippen LogP contribution >= 0.6 is 0 Å². The predicted molar refractivity (Wildman–Crippen MR) is 70.2 cm³/mol. The molecule has 0 aromatic carbocycles. The van der Waals surface area contributed by atoms with Gasteiger partial charge in [-0.15, -0.1) is 0 Å². The smallest absolute Gasteiger partial charge is 0.254 e. The molecule has 0 atom stereocenters. The molecule has 0 bridgehead atoms. The van der Waals surface area contributed by atoms with Crippen LogP contribution in [-0.4, -0.2) is 10.4 Å². The lowest BCUT2D eigenvalue weighted by Gasteiger charge is -2.19. The van der Waals surface area contributed by atoms with Gasteiger partial charge < -0.3 is 4.57 Å². The fourth-order valence-electron chi connectivity index (χ4n) is 2.74. The zero-order chi connectivity index (χ0) is 12.9. The summed E-state index contributed by atoms with van der Waals surface area (Å²) in [5, 5.41) is 0. The highest BCUT2D eigenvalue weighted by Crippen LogP contribution is 2.46. The van der Waals surface area contributed by atoms with Gasteiger partial charge in [0.05, 0.1) is 0 Å². The number of aromatic nitrogens is 1. The maximum Gasteiger partial charge on any atom is 0.254 e. The van der Waals surface area contributed by atoms with Crippen LogP contribution in [0.3, 0.4) is 0 Å². The summed E-state index contributed by atoms with van der Waals surface area (Å²) >= 11 is 0. The molecule has 3 rings (SSSR count). The summed E-state index contributed by atoms with van der Waals surface area (Å²) in [4.78, 5) is 24.1. The van der Waals surface area contributed by atoms with Crippen LogP contribution in [0.25, 0.3) is 0 Å². The Hall–Kier alpha value is -1.38. The number of Topliss-reactive ketones (excluding diaryl/α,β-unsaturated/α-hetero) is 1. The van der Waals surface area contributed by atoms with E-state index in [2.05, 4.69) is 6.92 Å². The summed E-state index contributed by atoms with van der Waals surface area (Å²) in [6, 6.07) is 1.82. The number of hydrogen-bond acceptors (Lipinski definition) is 2. The van der Waals surface area contributed by atoms with Crippen LogP contribution in [0.5, 0.6) is 0 Å². The minimum absolute atomic E-state index is 0.00613. The van der Waals surface area contributed by atoms with E-state index in [4.69, 9.17) is 0 Å². The van der Waals surface area contributed by atoms with E-state index in [-0.39, 0.29) is 16.9 Å². The minimum Gasteiger partial charge on any atom is -0.308 e. The average Bonchev–Trinajstić information content (AvgIpc) is 3.23. The van der Waals surface area contributed by atoms with Gasteiger partial charge in [0.25, 0.3) is 5.56 Å². The lowest BCUT2D eigenvalue weighted by Crippen LogP contribution is -2.32. The van der Waals surface area contributed by atoms with E-state index in [0.29, 0.717) is 11.5 Å². The Kier molecular flexibility index (Phi) is 2.47. The van der Waals surface area contributed by atoms with Crippen molar-refractivity contribution in [2.75, 3.05) is 0 Å². The van der Waals surface area contributed by atoms with Crippen molar-refractivity contribution < 1.29 is 4.79 Å². The second-order valence-corrected chi connectivity index (χ2v) is 5.77. The highest BCUT2D eigenvalue weighted by Gasteiger charge is 2.44. The largest absolute Gasteiger partial charge is 0.308 e. The van der Waals surface area contributed by atoms with Crippen LogP contribution in [0.1, 0.15) is 67.8 Å². The van der Waals surface area contributed by atoms with Gasteiger partial charge >= 0.3 is 0 Å². The monoisotopic (exact) mass is 245 g/mol. The molecule has 0 radical (unpaired) electrons. The normalized spacial score (nSPS) is 20.8. The Balaban J connectivity index is 2.17. The molecule has 0 unspecified atom stereocenters. The van der Waals surface area contributed by atoms with Gasteiger partial charge in [-0.25, -0.2) is 0 Å². The lowest BCUT2D eigenvalue weighted by molar-refractivity contribution is 0.101. The summed E-state index contributed by atoms with van der Waals surface area (Å²) < 4.78 is 1.86. The molecule has 2 fully saturated rings. The van der Waals surface area contributed by atoms with E-state index in [9.17, 15) is 9.59 Å². The van der Waals surface area contributed by atoms with E-state index in [1.165, 1.54) is 0 Å². The molecule has 0 amide bonds. The molecule has 3 nitrogen and oxygen atoms in total. The van der Waals surface area contributed by atoms with Gasteiger partial charge in [-0.05, 0) is 51.0 Å². The topological polar surface area (TPSA) is 39.1 Å². The molecule has 2 aliphatic carbocycles. The van der Waals surface area contributed by atoms with Gasteiger partial charge in [0, 0.05) is 22.9 Å². The van der Waals surface area contributed by atoms with Gasteiger partial charge in [-0.3, -0.25) is 9.59 Å². The number of pyridine rings is 1. The zero-order valence-corrected chi connectivity index (χ0v) is 11.0. The van der Waals surface area contributed by atoms with E-state index in [1.807, 2.05) is 10.6 Å². The first-order valence-electron chi connectivity index (χ1n) is 6.85. The van der Waals surface area contributed by atoms with E-state index in [0.717, 1.165) is 37.7 Å². The van der Waals surface area contributed by atoms with Crippen LogP contribution < -0.4 is 5.56 Å². The summed E-state index contributed by atoms with van der Waals surface area (Å²) in [7, 11) is 0. The molecular formula is C15H19NO2. The van der Waals surface area contributed by atoms with Gasteiger partial charge in [0.15, 0.2) is 5.78 Å². The van der Waals surface area contributed by atoms with Crippen LogP contribution in [0.2, 0.25) is 0 Å². The molecule has 0 saturated heterocycles. The first-order chi connectivity index (χ1) is 8.57. The van der Waals surface area contributed by atoms with Crippen molar-refractivity contribution in [3.63, 3.8) is 0 Å². The van der Waals surface area contributed by atoms with Crippen molar-refractivity contribution in [3.8, 4) is 0 Å². The van der Waals surface area contributed by atoms with Crippen molar-refractivity contribution >= 4 is 5.78 Å². The van der Waals surface area contributed by atoms with Crippen LogP contribution in [-0.2, 0) is 5.54 Å². The zero-order valence-electron chi connectivity index (χ0n) is 11.0. The molecule has 1 heterocycles. The average molecular weight is 245 g/mol. The number of hydrogen-bond donors (Lipinski definition) is 0. The molecule has 2 aliphatic rings. The third-order valence-electron chi connectivity index (χ3n) is 4.46. The molecule has 18 heavy (non-hydrogen) atoms. The Morgan fingerprint density at radius 3 is 2.56 bits per heavy atom. The summed E-state index contributed by atoms with van der Waals surface area (Å²) in [5.41, 5.74) is 1.70. The van der Waals surface area contributed by atoms with E-state index < -0.39 is 0 Å². The molecule has 0 spiro atoms. The number of carbonyl (C=O) groups excluding carboxylic acids is 1. The van der Waals surface area contributed by atoms with Crippen LogP contribution in [0.15, 0.2) is 17.1 Å². The lowest BCUT2D eigenvalue weighted by atomic mass is 10.1.